The molecule has 0 saturated heterocycles. The van der Waals surface area contributed by atoms with Gasteiger partial charge in [0, 0.05) is 24.0 Å². The number of nitrogens with two attached hydrogens (primary N) is 1. The van der Waals surface area contributed by atoms with Crippen molar-refractivity contribution in [3.05, 3.63) is 41.8 Å². The van der Waals surface area contributed by atoms with Crippen LogP contribution in [0.5, 0.6) is 5.75 Å². The van der Waals surface area contributed by atoms with Crippen LogP contribution < -0.4 is 21.1 Å². The fourth-order valence-corrected chi connectivity index (χ4v) is 1.70. The van der Waals surface area contributed by atoms with Crippen LogP contribution in [0.1, 0.15) is 0 Å². The molecule has 1 aromatic carbocycles. The molecule has 2 rings (SSSR count). The molecule has 0 saturated carbocycles. The molecule has 0 fully saturated rings. The minimum atomic E-state index is -0.477. The Morgan fingerprint density at radius 3 is 2.90 bits per heavy atom. The second kappa shape index (κ2) is 7.41. The van der Waals surface area contributed by atoms with Crippen LogP contribution in [-0.4, -0.2) is 29.2 Å². The number of hydrogen-bond donors (Lipinski definition) is 3. The summed E-state index contributed by atoms with van der Waals surface area (Å²) < 4.78 is 5.44. The van der Waals surface area contributed by atoms with Gasteiger partial charge in [-0.2, -0.15) is 0 Å². The second-order valence-corrected chi connectivity index (χ2v) is 4.38. The van der Waals surface area contributed by atoms with Gasteiger partial charge in [0.05, 0.1) is 11.9 Å². The number of carbonyl (C=O) groups is 1. The summed E-state index contributed by atoms with van der Waals surface area (Å²) in [7, 11) is 0. The molecule has 0 aliphatic rings. The lowest BCUT2D eigenvalue weighted by Crippen LogP contribution is -2.21. The predicted molar refractivity (Wildman–Crippen MR) is 80.7 cm³/mol. The number of urea groups is 1. The highest BCUT2D eigenvalue weighted by Gasteiger charge is 2.09. The van der Waals surface area contributed by atoms with Crippen LogP contribution >= 0.6 is 11.6 Å². The molecule has 2 aromatic rings. The zero-order chi connectivity index (χ0) is 15.1. The average molecular weight is 308 g/mol. The molecule has 0 bridgehead atoms. The van der Waals surface area contributed by atoms with Crippen LogP contribution in [0.2, 0.25) is 5.02 Å². The van der Waals surface area contributed by atoms with Crippen molar-refractivity contribution in [1.82, 2.24) is 9.97 Å². The summed E-state index contributed by atoms with van der Waals surface area (Å²) in [6.45, 7) is 0.704. The lowest BCUT2D eigenvalue weighted by molar-refractivity contribution is 0.261. The van der Waals surface area contributed by atoms with E-state index in [1.54, 1.807) is 18.2 Å². The third kappa shape index (κ3) is 4.59. The monoisotopic (exact) mass is 307 g/mol. The maximum absolute atomic E-state index is 11.9. The number of nitrogens with zero attached hydrogens (tertiary/aromatic N) is 2. The molecule has 110 valence electrons. The predicted octanol–water partition coefficient (Wildman–Crippen LogP) is 2.11. The fourth-order valence-electron chi connectivity index (χ4n) is 1.53. The van der Waals surface area contributed by atoms with Crippen LogP contribution in [-0.2, 0) is 0 Å². The molecule has 7 nitrogen and oxygen atoms in total. The topological polar surface area (TPSA) is 102 Å². The normalized spacial score (nSPS) is 10.0. The van der Waals surface area contributed by atoms with Gasteiger partial charge in [-0.3, -0.25) is 10.3 Å². The number of carbonyl (C=O) groups excluding carboxylic acids is 1. The van der Waals surface area contributed by atoms with Crippen molar-refractivity contribution >= 4 is 29.1 Å². The van der Waals surface area contributed by atoms with E-state index in [2.05, 4.69) is 20.6 Å². The summed E-state index contributed by atoms with van der Waals surface area (Å²) >= 11 is 5.92. The van der Waals surface area contributed by atoms with Gasteiger partial charge in [0.2, 0.25) is 0 Å². The smallest absolute Gasteiger partial charge is 0.325 e. The van der Waals surface area contributed by atoms with Gasteiger partial charge < -0.3 is 15.8 Å². The molecule has 0 spiro atoms. The highest BCUT2D eigenvalue weighted by Crippen LogP contribution is 2.28. The van der Waals surface area contributed by atoms with Crippen molar-refractivity contribution < 1.29 is 9.53 Å². The number of benzene rings is 1. The van der Waals surface area contributed by atoms with E-state index in [0.717, 1.165) is 0 Å². The van der Waals surface area contributed by atoms with E-state index >= 15 is 0 Å². The quantitative estimate of drug-likeness (QED) is 0.785. The molecule has 0 aliphatic heterocycles. The molecule has 0 unspecified atom stereocenters. The van der Waals surface area contributed by atoms with Gasteiger partial charge in [0.15, 0.2) is 5.82 Å². The third-order valence-electron chi connectivity index (χ3n) is 2.37. The molecular formula is C13H14ClN5O2. The number of nitrogens with one attached hydrogen (secondary N) is 2. The van der Waals surface area contributed by atoms with Crippen molar-refractivity contribution in [3.63, 3.8) is 0 Å². The second-order valence-electron chi connectivity index (χ2n) is 3.95. The fraction of sp³-hybridized carbons (Fsp3) is 0.154. The number of aromatic nitrogens is 2. The molecule has 0 atom stereocenters. The molecular weight excluding hydrogens is 294 g/mol. The SMILES string of the molecule is NCCOc1ccc(Cl)cc1NC(=O)Nc1cnccn1. The van der Waals surface area contributed by atoms with Crippen molar-refractivity contribution in [2.75, 3.05) is 23.8 Å². The molecule has 0 radical (unpaired) electrons. The summed E-state index contributed by atoms with van der Waals surface area (Å²) in [5.74, 6) is 0.820. The summed E-state index contributed by atoms with van der Waals surface area (Å²) in [5, 5.41) is 5.66. The van der Waals surface area contributed by atoms with E-state index in [9.17, 15) is 4.79 Å². The number of anilines is 2. The van der Waals surface area contributed by atoms with Crippen molar-refractivity contribution in [1.29, 1.82) is 0 Å². The minimum absolute atomic E-state index is 0.335. The first kappa shape index (κ1) is 15.0. The van der Waals surface area contributed by atoms with Gasteiger partial charge >= 0.3 is 6.03 Å². The van der Waals surface area contributed by atoms with Gasteiger partial charge in [-0.25, -0.2) is 9.78 Å². The van der Waals surface area contributed by atoms with E-state index in [0.29, 0.717) is 35.4 Å². The van der Waals surface area contributed by atoms with Gasteiger partial charge in [-0.1, -0.05) is 11.6 Å². The first-order chi connectivity index (χ1) is 10.2. The Morgan fingerprint density at radius 1 is 1.33 bits per heavy atom. The Balaban J connectivity index is 2.07. The van der Waals surface area contributed by atoms with Crippen molar-refractivity contribution in [2.24, 2.45) is 5.73 Å². The Bertz CT molecular complexity index is 609. The number of ether oxygens (including phenoxy) is 1. The van der Waals surface area contributed by atoms with E-state index in [4.69, 9.17) is 22.1 Å². The Morgan fingerprint density at radius 2 is 2.19 bits per heavy atom. The molecule has 1 aromatic heterocycles. The lowest BCUT2D eigenvalue weighted by Gasteiger charge is -2.12. The largest absolute Gasteiger partial charge is 0.490 e. The number of rotatable bonds is 5. The lowest BCUT2D eigenvalue weighted by atomic mass is 10.3. The highest BCUT2D eigenvalue weighted by atomic mass is 35.5. The van der Waals surface area contributed by atoms with Gasteiger partial charge in [-0.15, -0.1) is 0 Å². The summed E-state index contributed by atoms with van der Waals surface area (Å²) in [5.41, 5.74) is 5.84. The van der Waals surface area contributed by atoms with Crippen LogP contribution in [0.25, 0.3) is 0 Å². The van der Waals surface area contributed by atoms with Crippen LogP contribution in [0.15, 0.2) is 36.8 Å². The third-order valence-corrected chi connectivity index (χ3v) is 2.61. The molecule has 4 N–H and O–H groups in total. The Hall–Kier alpha value is -2.38. The molecule has 0 aliphatic carbocycles. The Labute approximate surface area is 126 Å². The van der Waals surface area contributed by atoms with E-state index in [1.807, 2.05) is 0 Å². The molecule has 8 heteroatoms. The van der Waals surface area contributed by atoms with E-state index in [-0.39, 0.29) is 0 Å². The van der Waals surface area contributed by atoms with Crippen LogP contribution in [0, 0.1) is 0 Å². The Kier molecular flexibility index (Phi) is 5.30. The average Bonchev–Trinajstić information content (AvgIpc) is 2.47. The number of hydrogen-bond acceptors (Lipinski definition) is 5. The number of amides is 2. The maximum Gasteiger partial charge on any atom is 0.325 e. The standard InChI is InChI=1S/C13H14ClN5O2/c14-9-1-2-11(21-6-3-15)10(7-9)18-13(20)19-12-8-16-4-5-17-12/h1-2,4-5,7-8H,3,6,15H2,(H2,17,18,19,20). The highest BCUT2D eigenvalue weighted by molar-refractivity contribution is 6.31. The van der Waals surface area contributed by atoms with Gasteiger partial charge in [-0.05, 0) is 18.2 Å². The van der Waals surface area contributed by atoms with E-state index < -0.39 is 6.03 Å². The molecule has 1 heterocycles. The summed E-state index contributed by atoms with van der Waals surface area (Å²) in [6.07, 6.45) is 4.42. The van der Waals surface area contributed by atoms with Crippen molar-refractivity contribution in [2.45, 2.75) is 0 Å². The zero-order valence-corrected chi connectivity index (χ0v) is 11.8. The van der Waals surface area contributed by atoms with Gasteiger partial charge in [0.25, 0.3) is 0 Å². The minimum Gasteiger partial charge on any atom is -0.490 e. The zero-order valence-electron chi connectivity index (χ0n) is 11.0. The van der Waals surface area contributed by atoms with Gasteiger partial charge in [0.1, 0.15) is 12.4 Å². The number of halogens is 1. The van der Waals surface area contributed by atoms with Crippen LogP contribution in [0.3, 0.4) is 0 Å². The first-order valence-corrected chi connectivity index (χ1v) is 6.53. The van der Waals surface area contributed by atoms with Crippen molar-refractivity contribution in [3.8, 4) is 5.75 Å². The molecule has 21 heavy (non-hydrogen) atoms. The first-order valence-electron chi connectivity index (χ1n) is 6.15. The molecule has 2 amide bonds. The van der Waals surface area contributed by atoms with Crippen LogP contribution in [0.4, 0.5) is 16.3 Å². The summed E-state index contributed by atoms with van der Waals surface area (Å²) in [4.78, 5) is 19.7. The van der Waals surface area contributed by atoms with E-state index in [1.165, 1.54) is 18.6 Å². The maximum atomic E-state index is 11.9. The summed E-state index contributed by atoms with van der Waals surface area (Å²) in [6, 6.07) is 4.44.